The lowest BCUT2D eigenvalue weighted by atomic mass is 10.2. The number of anilines is 1. The summed E-state index contributed by atoms with van der Waals surface area (Å²) >= 11 is 1.25. The van der Waals surface area contributed by atoms with E-state index in [0.29, 0.717) is 15.5 Å². The average Bonchev–Trinajstić information content (AvgIpc) is 2.68. The summed E-state index contributed by atoms with van der Waals surface area (Å²) in [5, 5.41) is 12.7. The first-order valence-electron chi connectivity index (χ1n) is 8.26. The maximum atomic E-state index is 12.7. The molecule has 0 saturated carbocycles. The maximum Gasteiger partial charge on any atom is 0.416 e. The Morgan fingerprint density at radius 1 is 1.10 bits per heavy atom. The van der Waals surface area contributed by atoms with E-state index in [-0.39, 0.29) is 17.2 Å². The van der Waals surface area contributed by atoms with Crippen molar-refractivity contribution in [1.82, 2.24) is 4.98 Å². The SMILES string of the molecule is COc1ccnc(C(=O)Nc2cccc(Sc3ccc(C(F)(F)F)cc3)c2)c1O. The van der Waals surface area contributed by atoms with Crippen LogP contribution < -0.4 is 10.1 Å². The predicted octanol–water partition coefficient (Wildman–Crippen LogP) is 5.22. The van der Waals surface area contributed by atoms with Gasteiger partial charge in [0.25, 0.3) is 5.91 Å². The fraction of sp³-hybridized carbons (Fsp3) is 0.100. The number of aromatic hydroxyl groups is 1. The van der Waals surface area contributed by atoms with Gasteiger partial charge in [0.1, 0.15) is 0 Å². The van der Waals surface area contributed by atoms with Gasteiger partial charge >= 0.3 is 6.18 Å². The second-order valence-electron chi connectivity index (χ2n) is 5.82. The van der Waals surface area contributed by atoms with Crippen LogP contribution >= 0.6 is 11.8 Å². The summed E-state index contributed by atoms with van der Waals surface area (Å²) in [6.07, 6.45) is -3.04. The summed E-state index contributed by atoms with van der Waals surface area (Å²) in [6, 6.07) is 13.0. The minimum atomic E-state index is -4.38. The van der Waals surface area contributed by atoms with Gasteiger partial charge in [-0.2, -0.15) is 13.2 Å². The van der Waals surface area contributed by atoms with E-state index in [1.807, 2.05) is 0 Å². The molecule has 29 heavy (non-hydrogen) atoms. The molecule has 1 aromatic heterocycles. The molecule has 3 rings (SSSR count). The fourth-order valence-electron chi connectivity index (χ4n) is 2.44. The van der Waals surface area contributed by atoms with Crippen molar-refractivity contribution >= 4 is 23.4 Å². The molecular formula is C20H15F3N2O3S. The Kier molecular flexibility index (Phi) is 5.97. The largest absolute Gasteiger partial charge is 0.503 e. The normalized spacial score (nSPS) is 11.2. The Hall–Kier alpha value is -3.20. The number of carbonyl (C=O) groups is 1. The summed E-state index contributed by atoms with van der Waals surface area (Å²) in [5.74, 6) is -0.877. The van der Waals surface area contributed by atoms with Gasteiger partial charge in [0.05, 0.1) is 12.7 Å². The molecule has 2 N–H and O–H groups in total. The number of hydrogen-bond donors (Lipinski definition) is 2. The number of methoxy groups -OCH3 is 1. The number of hydrogen-bond acceptors (Lipinski definition) is 5. The van der Waals surface area contributed by atoms with Crippen LogP contribution in [0.4, 0.5) is 18.9 Å². The number of halogens is 3. The number of amides is 1. The monoisotopic (exact) mass is 420 g/mol. The molecule has 0 radical (unpaired) electrons. The predicted molar refractivity (Wildman–Crippen MR) is 102 cm³/mol. The highest BCUT2D eigenvalue weighted by atomic mass is 32.2. The Morgan fingerprint density at radius 2 is 1.83 bits per heavy atom. The molecule has 0 aliphatic carbocycles. The van der Waals surface area contributed by atoms with Gasteiger partial charge in [-0.25, -0.2) is 4.98 Å². The van der Waals surface area contributed by atoms with Crippen LogP contribution in [0.15, 0.2) is 70.6 Å². The van der Waals surface area contributed by atoms with Crippen molar-refractivity contribution in [3.8, 4) is 11.5 Å². The molecule has 0 atom stereocenters. The van der Waals surface area contributed by atoms with Gasteiger partial charge in [0, 0.05) is 27.7 Å². The smallest absolute Gasteiger partial charge is 0.416 e. The zero-order valence-corrected chi connectivity index (χ0v) is 15.8. The van der Waals surface area contributed by atoms with Gasteiger partial charge < -0.3 is 15.2 Å². The minimum absolute atomic E-state index is 0.122. The summed E-state index contributed by atoms with van der Waals surface area (Å²) in [5.41, 5.74) is -0.463. The number of aromatic nitrogens is 1. The van der Waals surface area contributed by atoms with E-state index < -0.39 is 17.6 Å². The van der Waals surface area contributed by atoms with Crippen LogP contribution in [-0.4, -0.2) is 23.1 Å². The number of nitrogens with one attached hydrogen (secondary N) is 1. The maximum absolute atomic E-state index is 12.7. The molecule has 0 spiro atoms. The van der Waals surface area contributed by atoms with Crippen molar-refractivity contribution in [3.63, 3.8) is 0 Å². The van der Waals surface area contributed by atoms with Crippen molar-refractivity contribution in [2.75, 3.05) is 12.4 Å². The van der Waals surface area contributed by atoms with Crippen LogP contribution in [0, 0.1) is 0 Å². The number of rotatable bonds is 5. The van der Waals surface area contributed by atoms with Gasteiger partial charge in [-0.15, -0.1) is 0 Å². The molecule has 1 heterocycles. The van der Waals surface area contributed by atoms with Gasteiger partial charge in [-0.1, -0.05) is 17.8 Å². The van der Waals surface area contributed by atoms with E-state index in [2.05, 4.69) is 10.3 Å². The quantitative estimate of drug-likeness (QED) is 0.592. The van der Waals surface area contributed by atoms with Crippen LogP contribution in [0.25, 0.3) is 0 Å². The second kappa shape index (κ2) is 8.44. The molecule has 0 aliphatic heterocycles. The van der Waals surface area contributed by atoms with Crippen LogP contribution in [0.3, 0.4) is 0 Å². The Morgan fingerprint density at radius 3 is 2.48 bits per heavy atom. The lowest BCUT2D eigenvalue weighted by Crippen LogP contribution is -2.14. The first kappa shape index (κ1) is 20.5. The molecule has 150 valence electrons. The number of nitrogens with zero attached hydrogens (tertiary/aromatic N) is 1. The van der Waals surface area contributed by atoms with Crippen molar-refractivity contribution in [3.05, 3.63) is 72.1 Å². The molecule has 0 saturated heterocycles. The van der Waals surface area contributed by atoms with E-state index in [1.54, 1.807) is 24.3 Å². The zero-order chi connectivity index (χ0) is 21.0. The number of alkyl halides is 3. The fourth-order valence-corrected chi connectivity index (χ4v) is 3.32. The first-order chi connectivity index (χ1) is 13.8. The molecule has 0 unspecified atom stereocenters. The van der Waals surface area contributed by atoms with Crippen LogP contribution in [0.1, 0.15) is 16.1 Å². The molecule has 9 heteroatoms. The minimum Gasteiger partial charge on any atom is -0.503 e. The molecule has 0 fully saturated rings. The number of pyridine rings is 1. The standard InChI is InChI=1S/C20H15F3N2O3S/c1-28-16-9-10-24-17(18(16)26)19(27)25-13-3-2-4-15(11-13)29-14-7-5-12(6-8-14)20(21,22)23/h2-11,26H,1H3,(H,25,27). The number of carbonyl (C=O) groups excluding carboxylic acids is 1. The molecular weight excluding hydrogens is 405 g/mol. The lowest BCUT2D eigenvalue weighted by molar-refractivity contribution is -0.137. The third-order valence-electron chi connectivity index (χ3n) is 3.83. The Balaban J connectivity index is 1.74. The van der Waals surface area contributed by atoms with E-state index in [0.717, 1.165) is 12.1 Å². The van der Waals surface area contributed by atoms with Crippen molar-refractivity contribution in [1.29, 1.82) is 0 Å². The third kappa shape index (κ3) is 5.00. The number of ether oxygens (including phenoxy) is 1. The van der Waals surface area contributed by atoms with Crippen molar-refractivity contribution < 1.29 is 27.8 Å². The Bertz CT molecular complexity index is 1020. The topological polar surface area (TPSA) is 71.5 Å². The molecule has 0 aliphatic rings. The van der Waals surface area contributed by atoms with Crippen molar-refractivity contribution in [2.45, 2.75) is 16.0 Å². The lowest BCUT2D eigenvalue weighted by Gasteiger charge is -2.10. The highest BCUT2D eigenvalue weighted by molar-refractivity contribution is 7.99. The zero-order valence-electron chi connectivity index (χ0n) is 15.0. The molecule has 5 nitrogen and oxygen atoms in total. The average molecular weight is 420 g/mol. The highest BCUT2D eigenvalue weighted by Crippen LogP contribution is 2.34. The van der Waals surface area contributed by atoms with Gasteiger partial charge in [0.15, 0.2) is 17.2 Å². The first-order valence-corrected chi connectivity index (χ1v) is 9.08. The van der Waals surface area contributed by atoms with E-state index in [4.69, 9.17) is 4.74 Å². The summed E-state index contributed by atoms with van der Waals surface area (Å²) in [6.45, 7) is 0. The third-order valence-corrected chi connectivity index (χ3v) is 4.83. The van der Waals surface area contributed by atoms with Crippen LogP contribution in [0.2, 0.25) is 0 Å². The van der Waals surface area contributed by atoms with Crippen LogP contribution in [0.5, 0.6) is 11.5 Å². The summed E-state index contributed by atoms with van der Waals surface area (Å²) in [4.78, 5) is 17.6. The van der Waals surface area contributed by atoms with E-state index in [1.165, 1.54) is 43.3 Å². The van der Waals surface area contributed by atoms with Gasteiger partial charge in [0.2, 0.25) is 0 Å². The molecule has 3 aromatic rings. The van der Waals surface area contributed by atoms with Crippen LogP contribution in [-0.2, 0) is 6.18 Å². The number of benzene rings is 2. The summed E-state index contributed by atoms with van der Waals surface area (Å²) < 4.78 is 42.9. The Labute approximate surface area is 168 Å². The second-order valence-corrected chi connectivity index (χ2v) is 6.96. The molecule has 2 aromatic carbocycles. The van der Waals surface area contributed by atoms with Crippen molar-refractivity contribution in [2.24, 2.45) is 0 Å². The van der Waals surface area contributed by atoms with Gasteiger partial charge in [-0.05, 0) is 42.5 Å². The summed E-state index contributed by atoms with van der Waals surface area (Å²) in [7, 11) is 1.36. The van der Waals surface area contributed by atoms with E-state index in [9.17, 15) is 23.1 Å². The molecule has 1 amide bonds. The van der Waals surface area contributed by atoms with Gasteiger partial charge in [-0.3, -0.25) is 4.79 Å². The van der Waals surface area contributed by atoms with E-state index >= 15 is 0 Å². The highest BCUT2D eigenvalue weighted by Gasteiger charge is 2.29. The molecule has 0 bridgehead atoms.